The third kappa shape index (κ3) is 4.20. The molecule has 0 spiro atoms. The first-order chi connectivity index (χ1) is 16.9. The lowest BCUT2D eigenvalue weighted by Gasteiger charge is -2.32. The lowest BCUT2D eigenvalue weighted by Crippen LogP contribution is -2.48. The summed E-state index contributed by atoms with van der Waals surface area (Å²) in [7, 11) is 0. The number of aromatic nitrogens is 2. The first-order valence-corrected chi connectivity index (χ1v) is 12.6. The van der Waals surface area contributed by atoms with Crippen molar-refractivity contribution in [2.75, 3.05) is 13.1 Å². The van der Waals surface area contributed by atoms with Crippen molar-refractivity contribution in [3.8, 4) is 10.6 Å². The lowest BCUT2D eigenvalue weighted by molar-refractivity contribution is -0.125. The maximum atomic E-state index is 13.1. The summed E-state index contributed by atoms with van der Waals surface area (Å²) in [5, 5.41) is 15.8. The quantitative estimate of drug-likeness (QED) is 0.529. The van der Waals surface area contributed by atoms with Gasteiger partial charge in [0.05, 0.1) is 0 Å². The molecule has 1 atom stereocenters. The van der Waals surface area contributed by atoms with Crippen molar-refractivity contribution >= 4 is 29.2 Å². The average molecular weight is 490 g/mol. The SMILES string of the molecule is CC(C)C1(c2ccc(C(=O)N3CCC(c4nnc(-c5ccccc5)s4)CC3)cc2)NC(=O)NC1=O. The maximum absolute atomic E-state index is 13.1. The number of hydrogen-bond donors (Lipinski definition) is 2. The van der Waals surface area contributed by atoms with Gasteiger partial charge in [-0.2, -0.15) is 0 Å². The Morgan fingerprint density at radius 3 is 2.31 bits per heavy atom. The van der Waals surface area contributed by atoms with E-state index >= 15 is 0 Å². The summed E-state index contributed by atoms with van der Waals surface area (Å²) < 4.78 is 0. The predicted molar refractivity (Wildman–Crippen MR) is 133 cm³/mol. The molecule has 180 valence electrons. The van der Waals surface area contributed by atoms with Gasteiger partial charge in [-0.15, -0.1) is 10.2 Å². The van der Waals surface area contributed by atoms with Gasteiger partial charge in [-0.1, -0.05) is 67.6 Å². The molecule has 2 N–H and O–H groups in total. The first-order valence-electron chi connectivity index (χ1n) is 11.8. The van der Waals surface area contributed by atoms with Crippen LogP contribution in [0.25, 0.3) is 10.6 Å². The molecule has 35 heavy (non-hydrogen) atoms. The molecule has 2 saturated heterocycles. The number of benzene rings is 2. The van der Waals surface area contributed by atoms with Gasteiger partial charge in [0.25, 0.3) is 11.8 Å². The van der Waals surface area contributed by atoms with E-state index in [0.717, 1.165) is 28.4 Å². The van der Waals surface area contributed by atoms with Crippen molar-refractivity contribution in [3.05, 3.63) is 70.7 Å². The number of nitrogens with one attached hydrogen (secondary N) is 2. The molecule has 3 aromatic rings. The largest absolute Gasteiger partial charge is 0.339 e. The van der Waals surface area contributed by atoms with Crippen LogP contribution in [0.3, 0.4) is 0 Å². The van der Waals surface area contributed by atoms with E-state index in [2.05, 4.69) is 20.8 Å². The van der Waals surface area contributed by atoms with Crippen LogP contribution in [-0.4, -0.2) is 46.0 Å². The van der Waals surface area contributed by atoms with E-state index in [1.807, 2.05) is 49.1 Å². The molecular formula is C26H27N5O3S. The molecule has 0 saturated carbocycles. The highest BCUT2D eigenvalue weighted by Crippen LogP contribution is 2.35. The number of likely N-dealkylation sites (tertiary alicyclic amines) is 1. The van der Waals surface area contributed by atoms with Crippen LogP contribution in [0.1, 0.15) is 53.5 Å². The van der Waals surface area contributed by atoms with E-state index in [1.165, 1.54) is 0 Å². The molecule has 3 heterocycles. The standard InChI is InChI=1S/C26H27N5O3S/c1-16(2)26(24(33)27-25(34)28-26)20-10-8-19(9-11-20)23(32)31-14-12-18(13-15-31)22-30-29-21(35-22)17-6-4-3-5-7-17/h3-11,16,18H,12-15H2,1-2H3,(H2,27,28,33,34). The number of rotatable bonds is 5. The molecule has 1 unspecified atom stereocenters. The Labute approximate surface area is 207 Å². The van der Waals surface area contributed by atoms with Gasteiger partial charge in [-0.3, -0.25) is 14.9 Å². The van der Waals surface area contributed by atoms with Gasteiger partial charge in [0.1, 0.15) is 15.6 Å². The van der Waals surface area contributed by atoms with Gasteiger partial charge in [0.2, 0.25) is 0 Å². The number of urea groups is 1. The third-order valence-corrected chi connectivity index (χ3v) is 8.08. The molecule has 2 aliphatic rings. The topological polar surface area (TPSA) is 104 Å². The number of amides is 4. The Morgan fingerprint density at radius 1 is 1.03 bits per heavy atom. The number of piperidine rings is 1. The lowest BCUT2D eigenvalue weighted by atomic mass is 9.79. The maximum Gasteiger partial charge on any atom is 0.322 e. The fraction of sp³-hybridized carbons (Fsp3) is 0.346. The summed E-state index contributed by atoms with van der Waals surface area (Å²) >= 11 is 1.63. The highest BCUT2D eigenvalue weighted by molar-refractivity contribution is 7.14. The van der Waals surface area contributed by atoms with Crippen molar-refractivity contribution in [3.63, 3.8) is 0 Å². The van der Waals surface area contributed by atoms with E-state index in [1.54, 1.807) is 35.6 Å². The highest BCUT2D eigenvalue weighted by Gasteiger charge is 2.50. The van der Waals surface area contributed by atoms with E-state index < -0.39 is 11.6 Å². The Hall–Kier alpha value is -3.59. The zero-order valence-corrected chi connectivity index (χ0v) is 20.5. The van der Waals surface area contributed by atoms with Gasteiger partial charge < -0.3 is 10.2 Å². The fourth-order valence-electron chi connectivity index (χ4n) is 4.90. The van der Waals surface area contributed by atoms with Crippen LogP contribution >= 0.6 is 11.3 Å². The number of carbonyl (C=O) groups excluding carboxylic acids is 3. The minimum absolute atomic E-state index is 0.0317. The number of imide groups is 1. The summed E-state index contributed by atoms with van der Waals surface area (Å²) in [6, 6.07) is 16.5. The Bertz CT molecular complexity index is 1250. The summed E-state index contributed by atoms with van der Waals surface area (Å²) in [6.07, 6.45) is 1.69. The van der Waals surface area contributed by atoms with E-state index in [0.29, 0.717) is 30.1 Å². The number of carbonyl (C=O) groups is 3. The average Bonchev–Trinajstić information content (AvgIpc) is 3.49. The Morgan fingerprint density at radius 2 is 1.71 bits per heavy atom. The molecule has 5 rings (SSSR count). The van der Waals surface area contributed by atoms with E-state index in [4.69, 9.17) is 0 Å². The molecule has 2 aromatic carbocycles. The van der Waals surface area contributed by atoms with E-state index in [-0.39, 0.29) is 17.7 Å². The molecule has 0 radical (unpaired) electrons. The molecule has 4 amide bonds. The minimum Gasteiger partial charge on any atom is -0.339 e. The minimum atomic E-state index is -1.13. The molecule has 0 bridgehead atoms. The summed E-state index contributed by atoms with van der Waals surface area (Å²) in [6.45, 7) is 5.07. The van der Waals surface area contributed by atoms with Crippen molar-refractivity contribution < 1.29 is 14.4 Å². The van der Waals surface area contributed by atoms with Gasteiger partial charge >= 0.3 is 6.03 Å². The Balaban J connectivity index is 1.24. The van der Waals surface area contributed by atoms with Crippen LogP contribution < -0.4 is 10.6 Å². The zero-order valence-electron chi connectivity index (χ0n) is 19.7. The summed E-state index contributed by atoms with van der Waals surface area (Å²) in [5.74, 6) is -0.259. The third-order valence-electron chi connectivity index (χ3n) is 6.94. The van der Waals surface area contributed by atoms with Gasteiger partial charge in [0, 0.05) is 30.1 Å². The normalized spacial score (nSPS) is 20.7. The fourth-order valence-corrected chi connectivity index (χ4v) is 5.91. The van der Waals surface area contributed by atoms with Crippen LogP contribution in [-0.2, 0) is 10.3 Å². The first kappa shape index (κ1) is 23.2. The highest BCUT2D eigenvalue weighted by atomic mass is 32.1. The Kier molecular flexibility index (Phi) is 6.10. The second-order valence-electron chi connectivity index (χ2n) is 9.33. The van der Waals surface area contributed by atoms with Gasteiger partial charge in [-0.25, -0.2) is 4.79 Å². The zero-order chi connectivity index (χ0) is 24.6. The van der Waals surface area contributed by atoms with Crippen LogP contribution in [0.5, 0.6) is 0 Å². The van der Waals surface area contributed by atoms with Crippen LogP contribution in [0.2, 0.25) is 0 Å². The van der Waals surface area contributed by atoms with Gasteiger partial charge in [-0.05, 0) is 36.5 Å². The number of nitrogens with zero attached hydrogens (tertiary/aromatic N) is 3. The molecule has 8 nitrogen and oxygen atoms in total. The second kappa shape index (κ2) is 9.22. The van der Waals surface area contributed by atoms with Crippen molar-refractivity contribution in [2.24, 2.45) is 5.92 Å². The van der Waals surface area contributed by atoms with Crippen LogP contribution in [0.15, 0.2) is 54.6 Å². The molecular weight excluding hydrogens is 462 g/mol. The molecule has 1 aromatic heterocycles. The molecule has 0 aliphatic carbocycles. The van der Waals surface area contributed by atoms with Crippen molar-refractivity contribution in [1.82, 2.24) is 25.7 Å². The van der Waals surface area contributed by atoms with Crippen LogP contribution in [0, 0.1) is 5.92 Å². The smallest absolute Gasteiger partial charge is 0.322 e. The van der Waals surface area contributed by atoms with E-state index in [9.17, 15) is 14.4 Å². The van der Waals surface area contributed by atoms with Crippen molar-refractivity contribution in [2.45, 2.75) is 38.1 Å². The predicted octanol–water partition coefficient (Wildman–Crippen LogP) is 3.92. The van der Waals surface area contributed by atoms with Crippen LogP contribution in [0.4, 0.5) is 4.79 Å². The molecule has 2 aliphatic heterocycles. The molecule has 2 fully saturated rings. The van der Waals surface area contributed by atoms with Gasteiger partial charge in [0.15, 0.2) is 0 Å². The second-order valence-corrected chi connectivity index (χ2v) is 10.3. The number of hydrogen-bond acceptors (Lipinski definition) is 6. The van der Waals surface area contributed by atoms with Crippen molar-refractivity contribution in [1.29, 1.82) is 0 Å². The summed E-state index contributed by atoms with van der Waals surface area (Å²) in [4.78, 5) is 39.4. The summed E-state index contributed by atoms with van der Waals surface area (Å²) in [5.41, 5.74) is 1.17. The molecule has 9 heteroatoms. The monoisotopic (exact) mass is 489 g/mol.